The molecule has 0 aromatic carbocycles. The number of hydrazone groups is 1. The van der Waals surface area contributed by atoms with E-state index >= 15 is 0 Å². The van der Waals surface area contributed by atoms with Crippen LogP contribution in [0.5, 0.6) is 0 Å². The maximum absolute atomic E-state index is 11.4. The van der Waals surface area contributed by atoms with E-state index in [4.69, 9.17) is 5.84 Å². The molecule has 0 spiro atoms. The summed E-state index contributed by atoms with van der Waals surface area (Å²) in [6, 6.07) is 0. The van der Waals surface area contributed by atoms with Crippen LogP contribution < -0.4 is 5.84 Å². The Labute approximate surface area is 83.2 Å². The summed E-state index contributed by atoms with van der Waals surface area (Å²) in [5.41, 5.74) is -0.296. The van der Waals surface area contributed by atoms with Gasteiger partial charge in [0.15, 0.2) is 0 Å². The van der Waals surface area contributed by atoms with E-state index in [0.29, 0.717) is 18.1 Å². The van der Waals surface area contributed by atoms with Crippen molar-refractivity contribution in [3.63, 3.8) is 0 Å². The highest BCUT2D eigenvalue weighted by Crippen LogP contribution is 2.64. The lowest BCUT2D eigenvalue weighted by molar-refractivity contribution is -0.148. The number of carbonyl (C=O) groups is 1. The molecule has 0 radical (unpaired) electrons. The number of aliphatic carboxylic acids is 1. The molecule has 0 saturated heterocycles. The summed E-state index contributed by atoms with van der Waals surface area (Å²) in [5.74, 6) is 4.96. The zero-order valence-corrected chi connectivity index (χ0v) is 8.58. The number of nitrogens with two attached hydrogens (primary N) is 1. The molecule has 2 fully saturated rings. The van der Waals surface area contributed by atoms with Gasteiger partial charge in [0.2, 0.25) is 0 Å². The van der Waals surface area contributed by atoms with E-state index < -0.39 is 11.4 Å². The van der Waals surface area contributed by atoms with Gasteiger partial charge < -0.3 is 10.9 Å². The molecule has 2 aliphatic rings. The minimum Gasteiger partial charge on any atom is -0.481 e. The molecule has 78 valence electrons. The topological polar surface area (TPSA) is 75.7 Å². The first-order valence-corrected chi connectivity index (χ1v) is 4.97. The molecule has 14 heavy (non-hydrogen) atoms. The smallest absolute Gasteiger partial charge is 0.316 e. The molecule has 2 aliphatic carbocycles. The maximum Gasteiger partial charge on any atom is 0.316 e. The second-order valence-corrected chi connectivity index (χ2v) is 4.95. The summed E-state index contributed by atoms with van der Waals surface area (Å²) in [5, 5.41) is 13.1. The number of carboxylic acids is 1. The summed E-state index contributed by atoms with van der Waals surface area (Å²) in [6.45, 7) is 4.05. The fourth-order valence-corrected chi connectivity index (χ4v) is 3.37. The van der Waals surface area contributed by atoms with Gasteiger partial charge in [-0.25, -0.2) is 0 Å². The Morgan fingerprint density at radius 1 is 1.64 bits per heavy atom. The number of fused-ring (bicyclic) bond motifs is 2. The van der Waals surface area contributed by atoms with Gasteiger partial charge in [-0.3, -0.25) is 4.79 Å². The third kappa shape index (κ3) is 0.751. The first-order chi connectivity index (χ1) is 6.46. The van der Waals surface area contributed by atoms with Crippen LogP contribution in [0.15, 0.2) is 5.10 Å². The monoisotopic (exact) mass is 196 g/mol. The number of hydrogen-bond donors (Lipinski definition) is 2. The van der Waals surface area contributed by atoms with Crippen LogP contribution in [0, 0.1) is 16.7 Å². The highest BCUT2D eigenvalue weighted by molar-refractivity contribution is 6.09. The van der Waals surface area contributed by atoms with E-state index in [-0.39, 0.29) is 5.41 Å². The molecule has 2 bridgehead atoms. The van der Waals surface area contributed by atoms with Crippen molar-refractivity contribution in [1.29, 1.82) is 0 Å². The van der Waals surface area contributed by atoms with Gasteiger partial charge in [-0.15, -0.1) is 0 Å². The van der Waals surface area contributed by atoms with Crippen molar-refractivity contribution in [1.82, 2.24) is 0 Å². The van der Waals surface area contributed by atoms with E-state index in [2.05, 4.69) is 5.10 Å². The average Bonchev–Trinajstić information content (AvgIpc) is 2.51. The van der Waals surface area contributed by atoms with Crippen molar-refractivity contribution >= 4 is 11.7 Å². The van der Waals surface area contributed by atoms with Crippen LogP contribution in [0.3, 0.4) is 0 Å². The molecule has 0 aromatic rings. The molecule has 0 heterocycles. The zero-order valence-electron chi connectivity index (χ0n) is 8.58. The summed E-state index contributed by atoms with van der Waals surface area (Å²) in [7, 11) is 0. The Kier molecular flexibility index (Phi) is 1.69. The van der Waals surface area contributed by atoms with Crippen molar-refractivity contribution in [3.05, 3.63) is 0 Å². The van der Waals surface area contributed by atoms with Gasteiger partial charge in [0.1, 0.15) is 5.41 Å². The van der Waals surface area contributed by atoms with Crippen molar-refractivity contribution in [2.75, 3.05) is 0 Å². The molecular weight excluding hydrogens is 180 g/mol. The fourth-order valence-electron chi connectivity index (χ4n) is 3.37. The van der Waals surface area contributed by atoms with Gasteiger partial charge in [0.05, 0.1) is 5.71 Å². The average molecular weight is 196 g/mol. The lowest BCUT2D eigenvalue weighted by Gasteiger charge is -2.33. The Bertz CT molecular complexity index is 322. The number of carboxylic acid groups (broad SMARTS) is 1. The molecule has 2 saturated carbocycles. The summed E-state index contributed by atoms with van der Waals surface area (Å²) in [6.07, 6.45) is 2.43. The van der Waals surface area contributed by atoms with Gasteiger partial charge >= 0.3 is 5.97 Å². The summed E-state index contributed by atoms with van der Waals surface area (Å²) in [4.78, 5) is 11.4. The summed E-state index contributed by atoms with van der Waals surface area (Å²) < 4.78 is 0. The first kappa shape index (κ1) is 9.49. The van der Waals surface area contributed by atoms with Crippen molar-refractivity contribution in [2.24, 2.45) is 27.7 Å². The minimum absolute atomic E-state index is 0.197. The Balaban J connectivity index is 2.57. The van der Waals surface area contributed by atoms with E-state index in [1.165, 1.54) is 0 Å². The molecule has 2 atom stereocenters. The van der Waals surface area contributed by atoms with E-state index in [9.17, 15) is 9.90 Å². The Hall–Kier alpha value is -1.06. The zero-order chi connectivity index (χ0) is 10.6. The van der Waals surface area contributed by atoms with Gasteiger partial charge in [-0.1, -0.05) is 13.8 Å². The van der Waals surface area contributed by atoms with Crippen LogP contribution in [-0.2, 0) is 4.79 Å². The summed E-state index contributed by atoms with van der Waals surface area (Å²) >= 11 is 0. The Morgan fingerprint density at radius 3 is 2.64 bits per heavy atom. The highest BCUT2D eigenvalue weighted by atomic mass is 16.4. The van der Waals surface area contributed by atoms with Crippen LogP contribution in [0.2, 0.25) is 0 Å². The third-order valence-corrected chi connectivity index (χ3v) is 4.44. The standard InChI is InChI=1S/C10H16N2O2/c1-9(2)6-3-4-10(9,8(13)14)7(5-6)12-11/h6H,3-5,11H2,1-2H3,(H,13,14)/b12-7-/t6-,10-/m1/s1. The van der Waals surface area contributed by atoms with E-state index in [1.54, 1.807) is 0 Å². The molecule has 4 nitrogen and oxygen atoms in total. The molecule has 0 aliphatic heterocycles. The predicted octanol–water partition coefficient (Wildman–Crippen LogP) is 1.21. The maximum atomic E-state index is 11.4. The molecule has 2 rings (SSSR count). The molecule has 0 unspecified atom stereocenters. The lowest BCUT2D eigenvalue weighted by Crippen LogP contribution is -2.43. The number of nitrogens with zero attached hydrogens (tertiary/aromatic N) is 1. The van der Waals surface area contributed by atoms with Gasteiger partial charge in [-0.05, 0) is 30.6 Å². The highest BCUT2D eigenvalue weighted by Gasteiger charge is 2.67. The van der Waals surface area contributed by atoms with Crippen molar-refractivity contribution < 1.29 is 9.90 Å². The number of hydrogen-bond acceptors (Lipinski definition) is 3. The second kappa shape index (κ2) is 2.49. The van der Waals surface area contributed by atoms with E-state index in [1.807, 2.05) is 13.8 Å². The number of rotatable bonds is 1. The van der Waals surface area contributed by atoms with Gasteiger partial charge in [0.25, 0.3) is 0 Å². The fraction of sp³-hybridized carbons (Fsp3) is 0.800. The van der Waals surface area contributed by atoms with Crippen LogP contribution >= 0.6 is 0 Å². The van der Waals surface area contributed by atoms with Crippen molar-refractivity contribution in [2.45, 2.75) is 33.1 Å². The quantitative estimate of drug-likeness (QED) is 0.489. The van der Waals surface area contributed by atoms with Crippen LogP contribution in [0.25, 0.3) is 0 Å². The normalized spacial score (nSPS) is 41.9. The van der Waals surface area contributed by atoms with Crippen LogP contribution in [0.1, 0.15) is 33.1 Å². The largest absolute Gasteiger partial charge is 0.481 e. The van der Waals surface area contributed by atoms with E-state index in [0.717, 1.165) is 12.8 Å². The van der Waals surface area contributed by atoms with Gasteiger partial charge in [-0.2, -0.15) is 5.10 Å². The predicted molar refractivity (Wildman–Crippen MR) is 52.8 cm³/mol. The Morgan fingerprint density at radius 2 is 2.29 bits per heavy atom. The van der Waals surface area contributed by atoms with Crippen LogP contribution in [-0.4, -0.2) is 16.8 Å². The van der Waals surface area contributed by atoms with Crippen molar-refractivity contribution in [3.8, 4) is 0 Å². The molecule has 3 N–H and O–H groups in total. The van der Waals surface area contributed by atoms with Gasteiger partial charge in [0, 0.05) is 0 Å². The molecule has 0 amide bonds. The van der Waals surface area contributed by atoms with Crippen LogP contribution in [0.4, 0.5) is 0 Å². The molecule has 0 aromatic heterocycles. The first-order valence-electron chi connectivity index (χ1n) is 4.97. The third-order valence-electron chi connectivity index (χ3n) is 4.44. The molecular formula is C10H16N2O2. The SMILES string of the molecule is CC1(C)[C@@H]2CC[C@]1(C(=O)O)/C(=N\N)C2. The second-order valence-electron chi connectivity index (χ2n) is 4.95. The minimum atomic E-state index is -0.785. The lowest BCUT2D eigenvalue weighted by atomic mass is 9.69. The molecule has 4 heteroatoms.